The van der Waals surface area contributed by atoms with Gasteiger partial charge in [0.25, 0.3) is 5.91 Å². The fourth-order valence-corrected chi connectivity index (χ4v) is 2.13. The van der Waals surface area contributed by atoms with Crippen molar-refractivity contribution in [2.24, 2.45) is 0 Å². The van der Waals surface area contributed by atoms with Crippen LogP contribution >= 0.6 is 0 Å². The predicted octanol–water partition coefficient (Wildman–Crippen LogP) is 3.07. The van der Waals surface area contributed by atoms with Gasteiger partial charge in [-0.15, -0.1) is 0 Å². The first-order chi connectivity index (χ1) is 9.09. The van der Waals surface area contributed by atoms with Crippen LogP contribution in [0.4, 0.5) is 5.69 Å². The van der Waals surface area contributed by atoms with E-state index in [9.17, 15) is 4.79 Å². The Hall–Kier alpha value is -2.29. The van der Waals surface area contributed by atoms with E-state index in [0.717, 1.165) is 11.1 Å². The van der Waals surface area contributed by atoms with E-state index in [0.29, 0.717) is 11.3 Å². The Labute approximate surface area is 113 Å². The maximum Gasteiger partial charge on any atom is 0.253 e. The lowest BCUT2D eigenvalue weighted by Gasteiger charge is -2.17. The lowest BCUT2D eigenvalue weighted by Crippen LogP contribution is -2.27. The van der Waals surface area contributed by atoms with Gasteiger partial charge in [-0.05, 0) is 37.1 Å². The number of hydrogen-bond acceptors (Lipinski definition) is 2. The Morgan fingerprint density at radius 1 is 1.11 bits per heavy atom. The molecule has 3 nitrogen and oxygen atoms in total. The zero-order valence-corrected chi connectivity index (χ0v) is 11.2. The largest absolute Gasteiger partial charge is 0.398 e. The summed E-state index contributed by atoms with van der Waals surface area (Å²) in [4.78, 5) is 12.2. The molecular weight excluding hydrogens is 236 g/mol. The lowest BCUT2D eigenvalue weighted by atomic mass is 10.0. The number of carbonyl (C=O) groups excluding carboxylic acids is 1. The number of hydrogen-bond donors (Lipinski definition) is 2. The SMILES string of the molecule is Cc1ccccc1C(C)NC(=O)c1ccccc1N. The minimum atomic E-state index is -0.145. The molecule has 0 aliphatic carbocycles. The smallest absolute Gasteiger partial charge is 0.253 e. The molecule has 0 radical (unpaired) electrons. The topological polar surface area (TPSA) is 55.1 Å². The second-order valence-corrected chi connectivity index (χ2v) is 4.64. The van der Waals surface area contributed by atoms with Crippen LogP contribution in [-0.2, 0) is 0 Å². The molecule has 0 aliphatic heterocycles. The summed E-state index contributed by atoms with van der Waals surface area (Å²) in [6.07, 6.45) is 0. The van der Waals surface area contributed by atoms with Crippen LogP contribution in [0.2, 0.25) is 0 Å². The molecule has 3 heteroatoms. The molecule has 0 saturated carbocycles. The number of anilines is 1. The van der Waals surface area contributed by atoms with Crippen molar-refractivity contribution in [2.75, 3.05) is 5.73 Å². The van der Waals surface area contributed by atoms with Crippen LogP contribution in [0.15, 0.2) is 48.5 Å². The fourth-order valence-electron chi connectivity index (χ4n) is 2.13. The van der Waals surface area contributed by atoms with E-state index in [4.69, 9.17) is 5.73 Å². The Morgan fingerprint density at radius 2 is 1.74 bits per heavy atom. The molecule has 1 unspecified atom stereocenters. The number of benzene rings is 2. The molecule has 2 rings (SSSR count). The molecule has 0 bridgehead atoms. The second kappa shape index (κ2) is 5.57. The van der Waals surface area contributed by atoms with Crippen LogP contribution < -0.4 is 11.1 Å². The highest BCUT2D eigenvalue weighted by molar-refractivity contribution is 5.99. The van der Waals surface area contributed by atoms with Gasteiger partial charge in [0.15, 0.2) is 0 Å². The maximum atomic E-state index is 12.2. The Kier molecular flexibility index (Phi) is 3.85. The summed E-state index contributed by atoms with van der Waals surface area (Å²) >= 11 is 0. The van der Waals surface area contributed by atoms with Gasteiger partial charge in [-0.2, -0.15) is 0 Å². The first-order valence-electron chi connectivity index (χ1n) is 6.30. The zero-order chi connectivity index (χ0) is 13.8. The molecule has 2 aromatic rings. The van der Waals surface area contributed by atoms with Crippen molar-refractivity contribution in [3.05, 3.63) is 65.2 Å². The maximum absolute atomic E-state index is 12.2. The summed E-state index contributed by atoms with van der Waals surface area (Å²) in [6, 6.07) is 15.1. The summed E-state index contributed by atoms with van der Waals surface area (Å²) < 4.78 is 0. The van der Waals surface area contributed by atoms with Gasteiger partial charge in [0.1, 0.15) is 0 Å². The molecule has 19 heavy (non-hydrogen) atoms. The van der Waals surface area contributed by atoms with Gasteiger partial charge in [-0.25, -0.2) is 0 Å². The average molecular weight is 254 g/mol. The molecule has 0 spiro atoms. The van der Waals surface area contributed by atoms with Crippen molar-refractivity contribution in [1.82, 2.24) is 5.32 Å². The van der Waals surface area contributed by atoms with Gasteiger partial charge < -0.3 is 11.1 Å². The Bertz CT molecular complexity index is 593. The summed E-state index contributed by atoms with van der Waals surface area (Å²) in [6.45, 7) is 4.01. The number of amides is 1. The standard InChI is InChI=1S/C16H18N2O/c1-11-7-3-4-8-13(11)12(2)18-16(19)14-9-5-6-10-15(14)17/h3-10,12H,17H2,1-2H3,(H,18,19). The molecule has 1 atom stereocenters. The zero-order valence-electron chi connectivity index (χ0n) is 11.2. The van der Waals surface area contributed by atoms with Crippen LogP contribution in [0.25, 0.3) is 0 Å². The average Bonchev–Trinajstić information content (AvgIpc) is 2.39. The molecule has 98 valence electrons. The quantitative estimate of drug-likeness (QED) is 0.827. The molecule has 0 heterocycles. The van der Waals surface area contributed by atoms with Crippen molar-refractivity contribution in [1.29, 1.82) is 0 Å². The Morgan fingerprint density at radius 3 is 2.42 bits per heavy atom. The summed E-state index contributed by atoms with van der Waals surface area (Å²) in [5.74, 6) is -0.145. The first kappa shape index (κ1) is 13.1. The van der Waals surface area contributed by atoms with Gasteiger partial charge in [0.05, 0.1) is 11.6 Å². The number of nitrogens with two attached hydrogens (primary N) is 1. The van der Waals surface area contributed by atoms with Crippen molar-refractivity contribution >= 4 is 11.6 Å². The molecule has 0 aromatic heterocycles. The van der Waals surface area contributed by atoms with Gasteiger partial charge in [0.2, 0.25) is 0 Å². The first-order valence-corrected chi connectivity index (χ1v) is 6.30. The predicted molar refractivity (Wildman–Crippen MR) is 77.9 cm³/mol. The van der Waals surface area contributed by atoms with Crippen LogP contribution in [0.1, 0.15) is 34.5 Å². The van der Waals surface area contributed by atoms with E-state index in [1.807, 2.05) is 50.2 Å². The summed E-state index contributed by atoms with van der Waals surface area (Å²) in [5.41, 5.74) is 9.10. The molecular formula is C16H18N2O. The highest BCUT2D eigenvalue weighted by atomic mass is 16.1. The van der Waals surface area contributed by atoms with E-state index in [1.54, 1.807) is 12.1 Å². The van der Waals surface area contributed by atoms with Crippen molar-refractivity contribution in [3.63, 3.8) is 0 Å². The molecule has 1 amide bonds. The third-order valence-corrected chi connectivity index (χ3v) is 3.21. The molecule has 2 aromatic carbocycles. The summed E-state index contributed by atoms with van der Waals surface area (Å²) in [7, 11) is 0. The molecule has 0 aliphatic rings. The molecule has 0 saturated heterocycles. The van der Waals surface area contributed by atoms with Gasteiger partial charge in [-0.3, -0.25) is 4.79 Å². The number of para-hydroxylation sites is 1. The van der Waals surface area contributed by atoms with Crippen LogP contribution in [-0.4, -0.2) is 5.91 Å². The van der Waals surface area contributed by atoms with Gasteiger partial charge >= 0.3 is 0 Å². The lowest BCUT2D eigenvalue weighted by molar-refractivity contribution is 0.0940. The minimum absolute atomic E-state index is 0.0479. The van der Waals surface area contributed by atoms with Crippen molar-refractivity contribution < 1.29 is 4.79 Å². The van der Waals surface area contributed by atoms with E-state index >= 15 is 0 Å². The highest BCUT2D eigenvalue weighted by Gasteiger charge is 2.14. The third kappa shape index (κ3) is 2.94. The van der Waals surface area contributed by atoms with E-state index in [-0.39, 0.29) is 11.9 Å². The van der Waals surface area contributed by atoms with Crippen molar-refractivity contribution in [3.8, 4) is 0 Å². The normalized spacial score (nSPS) is 11.9. The number of rotatable bonds is 3. The van der Waals surface area contributed by atoms with Gasteiger partial charge in [0, 0.05) is 5.69 Å². The highest BCUT2D eigenvalue weighted by Crippen LogP contribution is 2.18. The second-order valence-electron chi connectivity index (χ2n) is 4.64. The Balaban J connectivity index is 2.16. The number of carbonyl (C=O) groups is 1. The van der Waals surface area contributed by atoms with Crippen LogP contribution in [0.5, 0.6) is 0 Å². The number of aryl methyl sites for hydroxylation is 1. The van der Waals surface area contributed by atoms with E-state index in [1.165, 1.54) is 0 Å². The fraction of sp³-hybridized carbons (Fsp3) is 0.188. The number of nitrogen functional groups attached to an aromatic ring is 1. The van der Waals surface area contributed by atoms with Crippen LogP contribution in [0, 0.1) is 6.92 Å². The molecule has 0 fully saturated rings. The van der Waals surface area contributed by atoms with Crippen molar-refractivity contribution in [2.45, 2.75) is 19.9 Å². The monoisotopic (exact) mass is 254 g/mol. The van der Waals surface area contributed by atoms with Gasteiger partial charge in [-0.1, -0.05) is 36.4 Å². The number of nitrogens with one attached hydrogen (secondary N) is 1. The molecule has 3 N–H and O–H groups in total. The minimum Gasteiger partial charge on any atom is -0.398 e. The summed E-state index contributed by atoms with van der Waals surface area (Å²) in [5, 5.41) is 2.98. The van der Waals surface area contributed by atoms with E-state index < -0.39 is 0 Å². The van der Waals surface area contributed by atoms with E-state index in [2.05, 4.69) is 5.32 Å². The van der Waals surface area contributed by atoms with Crippen LogP contribution in [0.3, 0.4) is 0 Å². The third-order valence-electron chi connectivity index (χ3n) is 3.21.